The molecule has 1 fully saturated rings. The molecular formula is C11H11F4N. The van der Waals surface area contributed by atoms with Crippen molar-refractivity contribution in [3.63, 3.8) is 0 Å². The number of alkyl halides is 3. The molecule has 1 unspecified atom stereocenters. The van der Waals surface area contributed by atoms with Crippen LogP contribution in [0.5, 0.6) is 0 Å². The van der Waals surface area contributed by atoms with Gasteiger partial charge in [0.05, 0.1) is 0 Å². The molecule has 1 aliphatic heterocycles. The van der Waals surface area contributed by atoms with Gasteiger partial charge < -0.3 is 0 Å². The van der Waals surface area contributed by atoms with E-state index >= 15 is 0 Å². The number of hydrogen-bond donors (Lipinski definition) is 1. The minimum Gasteiger partial charge on any atom is -0.299 e. The highest BCUT2D eigenvalue weighted by Crippen LogP contribution is 2.34. The smallest absolute Gasteiger partial charge is 0.299 e. The van der Waals surface area contributed by atoms with Crippen LogP contribution in [0.1, 0.15) is 24.4 Å². The maximum atomic E-state index is 12.9. The van der Waals surface area contributed by atoms with E-state index in [2.05, 4.69) is 5.32 Å². The van der Waals surface area contributed by atoms with Crippen LogP contribution in [0.25, 0.3) is 0 Å². The SMILES string of the molecule is Fc1cccc([C@@H]2CCC(C(F)(F)F)N2)c1. The van der Waals surface area contributed by atoms with Crippen LogP contribution in [0, 0.1) is 5.82 Å². The van der Waals surface area contributed by atoms with Gasteiger partial charge in [-0.15, -0.1) is 0 Å². The molecule has 0 spiro atoms. The van der Waals surface area contributed by atoms with Crippen LogP contribution in [0.15, 0.2) is 24.3 Å². The maximum Gasteiger partial charge on any atom is 0.403 e. The Labute approximate surface area is 90.5 Å². The van der Waals surface area contributed by atoms with Crippen molar-refractivity contribution in [3.8, 4) is 0 Å². The zero-order valence-corrected chi connectivity index (χ0v) is 8.39. The summed E-state index contributed by atoms with van der Waals surface area (Å²) < 4.78 is 50.1. The van der Waals surface area contributed by atoms with Crippen LogP contribution in [-0.4, -0.2) is 12.2 Å². The van der Waals surface area contributed by atoms with Crippen LogP contribution in [0.2, 0.25) is 0 Å². The Balaban J connectivity index is 2.09. The van der Waals surface area contributed by atoms with Gasteiger partial charge in [0.2, 0.25) is 0 Å². The summed E-state index contributed by atoms with van der Waals surface area (Å²) in [5.74, 6) is -0.422. The lowest BCUT2D eigenvalue weighted by Crippen LogP contribution is -2.38. The Morgan fingerprint density at radius 2 is 1.94 bits per heavy atom. The van der Waals surface area contributed by atoms with Crippen LogP contribution in [0.3, 0.4) is 0 Å². The number of hydrogen-bond acceptors (Lipinski definition) is 1. The standard InChI is InChI=1S/C11H11F4N/c12-8-3-1-2-7(6-8)9-4-5-10(16-9)11(13,14)15/h1-3,6,9-10,16H,4-5H2/t9-,10?/m0/s1. The number of nitrogens with one attached hydrogen (secondary N) is 1. The zero-order chi connectivity index (χ0) is 11.8. The summed E-state index contributed by atoms with van der Waals surface area (Å²) in [6, 6.07) is 3.83. The summed E-state index contributed by atoms with van der Waals surface area (Å²) in [5.41, 5.74) is 0.576. The fourth-order valence-corrected chi connectivity index (χ4v) is 1.99. The van der Waals surface area contributed by atoms with Gasteiger partial charge in [-0.1, -0.05) is 12.1 Å². The van der Waals surface area contributed by atoms with Gasteiger partial charge in [-0.05, 0) is 30.5 Å². The average Bonchev–Trinajstić information content (AvgIpc) is 2.65. The molecule has 88 valence electrons. The van der Waals surface area contributed by atoms with Gasteiger partial charge in [0, 0.05) is 6.04 Å². The fraction of sp³-hybridized carbons (Fsp3) is 0.455. The highest BCUT2D eigenvalue weighted by atomic mass is 19.4. The second-order valence-corrected chi connectivity index (χ2v) is 3.95. The molecular weight excluding hydrogens is 222 g/mol. The quantitative estimate of drug-likeness (QED) is 0.734. The van der Waals surface area contributed by atoms with Gasteiger partial charge in [0.15, 0.2) is 0 Å². The Hall–Kier alpha value is -1.10. The summed E-state index contributed by atoms with van der Waals surface area (Å²) in [7, 11) is 0. The molecule has 0 aromatic heterocycles. The van der Waals surface area contributed by atoms with Crippen molar-refractivity contribution in [1.82, 2.24) is 5.32 Å². The van der Waals surface area contributed by atoms with Gasteiger partial charge in [0.1, 0.15) is 11.9 Å². The molecule has 2 rings (SSSR count). The van der Waals surface area contributed by atoms with Crippen LogP contribution >= 0.6 is 0 Å². The summed E-state index contributed by atoms with van der Waals surface area (Å²) in [4.78, 5) is 0. The van der Waals surface area contributed by atoms with E-state index in [1.165, 1.54) is 18.2 Å². The normalized spacial score (nSPS) is 26.0. The summed E-state index contributed by atoms with van der Waals surface area (Å²) >= 11 is 0. The predicted octanol–water partition coefficient (Wildman–Crippen LogP) is 3.18. The summed E-state index contributed by atoms with van der Waals surface area (Å²) in [6.07, 6.45) is -3.79. The minimum atomic E-state index is -4.22. The fourth-order valence-electron chi connectivity index (χ4n) is 1.99. The van der Waals surface area contributed by atoms with E-state index in [0.717, 1.165) is 0 Å². The van der Waals surface area contributed by atoms with Gasteiger partial charge in [-0.3, -0.25) is 5.32 Å². The van der Waals surface area contributed by atoms with Gasteiger partial charge >= 0.3 is 6.18 Å². The highest BCUT2D eigenvalue weighted by Gasteiger charge is 2.44. The lowest BCUT2D eigenvalue weighted by atomic mass is 10.1. The van der Waals surface area contributed by atoms with E-state index in [9.17, 15) is 17.6 Å². The molecule has 2 atom stereocenters. The third-order valence-corrected chi connectivity index (χ3v) is 2.79. The molecule has 16 heavy (non-hydrogen) atoms. The molecule has 0 aliphatic carbocycles. The Bertz CT molecular complexity index is 374. The van der Waals surface area contributed by atoms with E-state index in [0.29, 0.717) is 12.0 Å². The summed E-state index contributed by atoms with van der Waals surface area (Å²) in [5, 5.41) is 2.48. The van der Waals surface area contributed by atoms with Crippen LogP contribution in [-0.2, 0) is 0 Å². The molecule has 5 heteroatoms. The first-order valence-corrected chi connectivity index (χ1v) is 5.05. The van der Waals surface area contributed by atoms with E-state index < -0.39 is 24.1 Å². The third-order valence-electron chi connectivity index (χ3n) is 2.79. The third kappa shape index (κ3) is 2.35. The van der Waals surface area contributed by atoms with E-state index in [1.807, 2.05) is 0 Å². The molecule has 1 aromatic carbocycles. The maximum absolute atomic E-state index is 12.9. The molecule has 1 aromatic rings. The molecule has 1 nitrogen and oxygen atoms in total. The second-order valence-electron chi connectivity index (χ2n) is 3.95. The Kier molecular flexibility index (Phi) is 2.88. The lowest BCUT2D eigenvalue weighted by molar-refractivity contribution is -0.152. The first-order valence-electron chi connectivity index (χ1n) is 5.05. The Morgan fingerprint density at radius 1 is 1.19 bits per heavy atom. The van der Waals surface area contributed by atoms with E-state index in [1.54, 1.807) is 6.07 Å². The van der Waals surface area contributed by atoms with Crippen molar-refractivity contribution in [2.45, 2.75) is 31.1 Å². The van der Waals surface area contributed by atoms with Crippen molar-refractivity contribution in [3.05, 3.63) is 35.6 Å². The van der Waals surface area contributed by atoms with E-state index in [4.69, 9.17) is 0 Å². The first kappa shape index (κ1) is 11.4. The highest BCUT2D eigenvalue weighted by molar-refractivity contribution is 5.21. The van der Waals surface area contributed by atoms with E-state index in [-0.39, 0.29) is 6.42 Å². The number of benzene rings is 1. The molecule has 0 saturated carbocycles. The predicted molar refractivity (Wildman–Crippen MR) is 51.4 cm³/mol. The molecule has 1 saturated heterocycles. The van der Waals surface area contributed by atoms with Gasteiger partial charge in [-0.25, -0.2) is 4.39 Å². The zero-order valence-electron chi connectivity index (χ0n) is 8.39. The van der Waals surface area contributed by atoms with Gasteiger partial charge in [-0.2, -0.15) is 13.2 Å². The monoisotopic (exact) mass is 233 g/mol. The number of halogens is 4. The number of rotatable bonds is 1. The van der Waals surface area contributed by atoms with Crippen molar-refractivity contribution in [2.24, 2.45) is 0 Å². The van der Waals surface area contributed by atoms with Crippen molar-refractivity contribution in [2.75, 3.05) is 0 Å². The van der Waals surface area contributed by atoms with Crippen molar-refractivity contribution >= 4 is 0 Å². The minimum absolute atomic E-state index is 0.0463. The van der Waals surface area contributed by atoms with Crippen molar-refractivity contribution < 1.29 is 17.6 Å². The summed E-state index contributed by atoms with van der Waals surface area (Å²) in [6.45, 7) is 0. The molecule has 1 N–H and O–H groups in total. The second kappa shape index (κ2) is 4.05. The molecule has 0 amide bonds. The van der Waals surface area contributed by atoms with Crippen LogP contribution < -0.4 is 5.32 Å². The average molecular weight is 233 g/mol. The lowest BCUT2D eigenvalue weighted by Gasteiger charge is -2.17. The Morgan fingerprint density at radius 3 is 2.50 bits per heavy atom. The molecule has 1 aliphatic rings. The van der Waals surface area contributed by atoms with Crippen molar-refractivity contribution in [1.29, 1.82) is 0 Å². The van der Waals surface area contributed by atoms with Crippen LogP contribution in [0.4, 0.5) is 17.6 Å². The first-order chi connectivity index (χ1) is 7.47. The van der Waals surface area contributed by atoms with Gasteiger partial charge in [0.25, 0.3) is 0 Å². The molecule has 0 bridgehead atoms. The molecule has 1 heterocycles. The topological polar surface area (TPSA) is 12.0 Å². The largest absolute Gasteiger partial charge is 0.403 e. The molecule has 0 radical (unpaired) electrons.